The highest BCUT2D eigenvalue weighted by Gasteiger charge is 2.95. The van der Waals surface area contributed by atoms with E-state index in [-0.39, 0.29) is 0 Å². The molecule has 19 heteroatoms. The van der Waals surface area contributed by atoms with Gasteiger partial charge in [0.05, 0.1) is 6.10 Å². The third-order valence-electron chi connectivity index (χ3n) is 3.55. The number of hydrogen-bond acceptors (Lipinski definition) is 2. The lowest BCUT2D eigenvalue weighted by atomic mass is 9.87. The molecule has 0 bridgehead atoms. The summed E-state index contributed by atoms with van der Waals surface area (Å²) in [4.78, 5) is 0. The molecule has 30 heavy (non-hydrogen) atoms. The maximum absolute atomic E-state index is 13.3. The number of halogens is 17. The SMILES string of the molecule is NC[C@H](O)CC(F)(F)C(F)(F)C(F)(F)C(F)(F)C(F)(F)C(F)(F)C(F)(F)C(F)(F)F. The molecule has 0 aliphatic carbocycles. The Labute approximate surface area is 153 Å². The normalized spacial score (nSPS) is 17.3. The molecule has 0 aromatic rings. The predicted molar refractivity (Wildman–Crippen MR) is 60.4 cm³/mol. The van der Waals surface area contributed by atoms with Crippen LogP contribution < -0.4 is 5.73 Å². The van der Waals surface area contributed by atoms with E-state index in [1.807, 2.05) is 0 Å². The summed E-state index contributed by atoms with van der Waals surface area (Å²) in [5.74, 6) is -56.7. The van der Waals surface area contributed by atoms with Crippen LogP contribution in [0.2, 0.25) is 0 Å². The van der Waals surface area contributed by atoms with Gasteiger partial charge in [0.15, 0.2) is 0 Å². The molecule has 182 valence electrons. The first-order chi connectivity index (χ1) is 12.7. The van der Waals surface area contributed by atoms with Gasteiger partial charge in [-0.15, -0.1) is 0 Å². The Bertz CT molecular complexity index is 609. The Morgan fingerprint density at radius 3 is 1.03 bits per heavy atom. The van der Waals surface area contributed by atoms with Crippen LogP contribution in [-0.2, 0) is 0 Å². The van der Waals surface area contributed by atoms with Gasteiger partial charge in [0.1, 0.15) is 0 Å². The lowest BCUT2D eigenvalue weighted by Crippen LogP contribution is -2.74. The first kappa shape index (κ1) is 28.7. The van der Waals surface area contributed by atoms with E-state index in [1.165, 1.54) is 0 Å². The van der Waals surface area contributed by atoms with Crippen LogP contribution in [0.1, 0.15) is 6.42 Å². The van der Waals surface area contributed by atoms with E-state index < -0.39 is 66.7 Å². The molecule has 3 N–H and O–H groups in total. The van der Waals surface area contributed by atoms with Crippen molar-refractivity contribution < 1.29 is 79.7 Å². The van der Waals surface area contributed by atoms with E-state index >= 15 is 0 Å². The number of hydrogen-bond donors (Lipinski definition) is 2. The van der Waals surface area contributed by atoms with Gasteiger partial charge in [-0.2, -0.15) is 74.6 Å². The molecular weight excluding hydrogens is 485 g/mol. The minimum absolute atomic E-state index is 1.42. The first-order valence-electron chi connectivity index (χ1n) is 6.80. The molecule has 0 rings (SSSR count). The molecule has 0 fully saturated rings. The van der Waals surface area contributed by atoms with Crippen LogP contribution in [0.3, 0.4) is 0 Å². The highest BCUT2D eigenvalue weighted by Crippen LogP contribution is 2.64. The second-order valence-electron chi connectivity index (χ2n) is 5.74. The van der Waals surface area contributed by atoms with Crippen LogP contribution >= 0.6 is 0 Å². The van der Waals surface area contributed by atoms with E-state index in [0.717, 1.165) is 0 Å². The number of aliphatic hydroxyl groups is 1. The molecule has 0 saturated heterocycles. The number of aliphatic hydroxyl groups excluding tert-OH is 1. The van der Waals surface area contributed by atoms with Crippen molar-refractivity contribution in [2.24, 2.45) is 5.73 Å². The van der Waals surface area contributed by atoms with Crippen molar-refractivity contribution in [2.75, 3.05) is 6.54 Å². The largest absolute Gasteiger partial charge is 0.460 e. The maximum Gasteiger partial charge on any atom is 0.460 e. The van der Waals surface area contributed by atoms with Gasteiger partial charge in [0, 0.05) is 13.0 Å². The molecule has 0 amide bonds. The zero-order valence-electron chi connectivity index (χ0n) is 13.4. The summed E-state index contributed by atoms with van der Waals surface area (Å²) in [6, 6.07) is 0. The van der Waals surface area contributed by atoms with Gasteiger partial charge in [-0.3, -0.25) is 0 Å². The van der Waals surface area contributed by atoms with Crippen LogP contribution in [0.4, 0.5) is 74.6 Å². The summed E-state index contributed by atoms with van der Waals surface area (Å²) in [6.07, 6.45) is -13.6. The van der Waals surface area contributed by atoms with Gasteiger partial charge < -0.3 is 10.8 Å². The van der Waals surface area contributed by atoms with Crippen LogP contribution in [0, 0.1) is 0 Å². The summed E-state index contributed by atoms with van der Waals surface area (Å²) in [5.41, 5.74) is 4.46. The van der Waals surface area contributed by atoms with Crippen molar-refractivity contribution in [3.8, 4) is 0 Å². The molecule has 0 unspecified atom stereocenters. The smallest absolute Gasteiger partial charge is 0.392 e. The standard InChI is InChI=1S/C11H8F17NO/c12-4(13,1-3(30)2-29)5(14,15)6(16,17)7(18,19)8(20,21)9(22,23)10(24,25)11(26,27)28/h3,30H,1-2,29H2/t3-/m1/s1. The lowest BCUT2D eigenvalue weighted by Gasteiger charge is -2.43. The second kappa shape index (κ2) is 7.40. The van der Waals surface area contributed by atoms with Gasteiger partial charge >= 0.3 is 47.6 Å². The molecule has 0 aromatic heterocycles. The van der Waals surface area contributed by atoms with Gasteiger partial charge in [0.25, 0.3) is 0 Å². The second-order valence-corrected chi connectivity index (χ2v) is 5.74. The van der Waals surface area contributed by atoms with Gasteiger partial charge in [-0.05, 0) is 0 Å². The molecule has 0 aliphatic rings. The van der Waals surface area contributed by atoms with E-state index in [2.05, 4.69) is 5.73 Å². The zero-order chi connectivity index (χ0) is 25.0. The molecule has 2 nitrogen and oxygen atoms in total. The molecule has 1 atom stereocenters. The number of rotatable bonds is 9. The quantitative estimate of drug-likeness (QED) is 0.458. The monoisotopic (exact) mass is 493 g/mol. The molecular formula is C11H8F17NO. The average Bonchev–Trinajstić information content (AvgIpc) is 2.51. The number of alkyl halides is 17. The highest BCUT2D eigenvalue weighted by molar-refractivity contribution is 5.15. The summed E-state index contributed by atoms with van der Waals surface area (Å²) in [7, 11) is 0. The van der Waals surface area contributed by atoms with Crippen molar-refractivity contribution in [3.63, 3.8) is 0 Å². The van der Waals surface area contributed by atoms with E-state index in [1.54, 1.807) is 0 Å². The van der Waals surface area contributed by atoms with Gasteiger partial charge in [-0.25, -0.2) is 0 Å². The Kier molecular flexibility index (Phi) is 7.09. The molecule has 0 radical (unpaired) electrons. The van der Waals surface area contributed by atoms with Crippen LogP contribution in [0.25, 0.3) is 0 Å². The van der Waals surface area contributed by atoms with Crippen molar-refractivity contribution in [1.82, 2.24) is 0 Å². The van der Waals surface area contributed by atoms with Gasteiger partial charge in [-0.1, -0.05) is 0 Å². The highest BCUT2D eigenvalue weighted by atomic mass is 19.4. The lowest BCUT2D eigenvalue weighted by molar-refractivity contribution is -0.462. The van der Waals surface area contributed by atoms with Crippen molar-refractivity contribution >= 4 is 0 Å². The Hall–Kier alpha value is -1.27. The van der Waals surface area contributed by atoms with Crippen LogP contribution in [0.5, 0.6) is 0 Å². The molecule has 0 aromatic carbocycles. The molecule has 0 aliphatic heterocycles. The summed E-state index contributed by atoms with van der Waals surface area (Å²) in [6.45, 7) is -1.42. The van der Waals surface area contributed by atoms with E-state index in [0.29, 0.717) is 0 Å². The average molecular weight is 493 g/mol. The van der Waals surface area contributed by atoms with Crippen molar-refractivity contribution in [3.05, 3.63) is 0 Å². The summed E-state index contributed by atoms with van der Waals surface area (Å²) >= 11 is 0. The Morgan fingerprint density at radius 2 is 0.767 bits per heavy atom. The predicted octanol–water partition coefficient (Wildman–Crippen LogP) is 4.71. The Balaban J connectivity index is 6.62. The number of nitrogens with two attached hydrogens (primary N) is 1. The molecule has 0 spiro atoms. The third-order valence-corrected chi connectivity index (χ3v) is 3.55. The fourth-order valence-electron chi connectivity index (χ4n) is 1.70. The molecule has 0 heterocycles. The fourth-order valence-corrected chi connectivity index (χ4v) is 1.70. The maximum atomic E-state index is 13.3. The Morgan fingerprint density at radius 1 is 0.500 bits per heavy atom. The van der Waals surface area contributed by atoms with Crippen LogP contribution in [0.15, 0.2) is 0 Å². The van der Waals surface area contributed by atoms with E-state index in [9.17, 15) is 74.6 Å². The fraction of sp³-hybridized carbons (Fsp3) is 1.00. The van der Waals surface area contributed by atoms with Gasteiger partial charge in [0.2, 0.25) is 0 Å². The zero-order valence-corrected chi connectivity index (χ0v) is 13.4. The van der Waals surface area contributed by atoms with Crippen molar-refractivity contribution in [2.45, 2.75) is 60.2 Å². The summed E-state index contributed by atoms with van der Waals surface area (Å²) in [5, 5.41) is 8.65. The summed E-state index contributed by atoms with van der Waals surface area (Å²) < 4.78 is 219. The van der Waals surface area contributed by atoms with E-state index in [4.69, 9.17) is 5.11 Å². The first-order valence-corrected chi connectivity index (χ1v) is 6.80. The third kappa shape index (κ3) is 3.75. The minimum Gasteiger partial charge on any atom is -0.392 e. The van der Waals surface area contributed by atoms with Crippen LogP contribution in [-0.4, -0.2) is 65.4 Å². The van der Waals surface area contributed by atoms with Crippen molar-refractivity contribution in [1.29, 1.82) is 0 Å². The minimum atomic E-state index is -8.66. The molecule has 0 saturated carbocycles. The topological polar surface area (TPSA) is 46.2 Å².